The van der Waals surface area contributed by atoms with E-state index in [9.17, 15) is 5.11 Å². The van der Waals surface area contributed by atoms with Gasteiger partial charge in [0, 0.05) is 6.04 Å². The molecule has 1 N–H and O–H groups in total. The molecule has 0 aliphatic carbocycles. The first kappa shape index (κ1) is 11.2. The maximum atomic E-state index is 9.18. The summed E-state index contributed by atoms with van der Waals surface area (Å²) in [6, 6.07) is 7.90. The molecule has 0 aromatic heterocycles. The van der Waals surface area contributed by atoms with Crippen LogP contribution in [0.5, 0.6) is 5.75 Å². The summed E-state index contributed by atoms with van der Waals surface area (Å²) in [6.07, 6.45) is 8.32. The van der Waals surface area contributed by atoms with Crippen molar-refractivity contribution in [3.05, 3.63) is 35.9 Å². The maximum absolute atomic E-state index is 9.18. The largest absolute Gasteiger partial charge is 0.508 e. The van der Waals surface area contributed by atoms with Crippen LogP contribution in [0.2, 0.25) is 0 Å². The normalized spacial score (nSPS) is 22.7. The van der Waals surface area contributed by atoms with Gasteiger partial charge in [0.25, 0.3) is 0 Å². The third-order valence-electron chi connectivity index (χ3n) is 3.23. The van der Waals surface area contributed by atoms with E-state index in [1.807, 2.05) is 12.1 Å². The van der Waals surface area contributed by atoms with Crippen molar-refractivity contribution in [1.82, 2.24) is 4.90 Å². The Kier molecular flexibility index (Phi) is 3.62. The van der Waals surface area contributed by atoms with Gasteiger partial charge in [-0.15, -0.1) is 0 Å². The van der Waals surface area contributed by atoms with E-state index in [0.717, 1.165) is 5.56 Å². The summed E-state index contributed by atoms with van der Waals surface area (Å²) in [4.78, 5) is 2.40. The molecule has 2 nitrogen and oxygen atoms in total. The molecule has 0 saturated carbocycles. The van der Waals surface area contributed by atoms with Crippen LogP contribution in [-0.4, -0.2) is 29.6 Å². The lowest BCUT2D eigenvalue weighted by molar-refractivity contribution is 0.222. The Morgan fingerprint density at radius 3 is 2.69 bits per heavy atom. The number of aromatic hydroxyl groups is 1. The minimum absolute atomic E-state index is 0.326. The summed E-state index contributed by atoms with van der Waals surface area (Å²) in [5.41, 5.74) is 1.15. The molecule has 1 fully saturated rings. The highest BCUT2D eigenvalue weighted by molar-refractivity contribution is 5.51. The predicted octanol–water partition coefficient (Wildman–Crippen LogP) is 2.89. The molecule has 1 unspecified atom stereocenters. The van der Waals surface area contributed by atoms with Gasteiger partial charge < -0.3 is 5.11 Å². The monoisotopic (exact) mass is 217 g/mol. The van der Waals surface area contributed by atoms with Crippen LogP contribution < -0.4 is 0 Å². The molecule has 0 spiro atoms. The molecule has 1 heterocycles. The molecule has 0 bridgehead atoms. The molecule has 2 heteroatoms. The van der Waals surface area contributed by atoms with Crippen LogP contribution in [0.15, 0.2) is 30.3 Å². The number of likely N-dealkylation sites (N-methyl/N-ethyl adjacent to an activating group) is 1. The molecule has 16 heavy (non-hydrogen) atoms. The number of hydrogen-bond acceptors (Lipinski definition) is 2. The van der Waals surface area contributed by atoms with Crippen molar-refractivity contribution in [3.8, 4) is 5.75 Å². The van der Waals surface area contributed by atoms with Crippen LogP contribution in [0.4, 0.5) is 0 Å². The zero-order valence-electron chi connectivity index (χ0n) is 9.76. The minimum atomic E-state index is 0.326. The second kappa shape index (κ2) is 5.17. The number of benzene rings is 1. The van der Waals surface area contributed by atoms with Gasteiger partial charge in [-0.2, -0.15) is 0 Å². The highest BCUT2D eigenvalue weighted by atomic mass is 16.3. The molecular weight excluding hydrogens is 198 g/mol. The van der Waals surface area contributed by atoms with Gasteiger partial charge in [0.1, 0.15) is 5.75 Å². The average molecular weight is 217 g/mol. The second-order valence-electron chi connectivity index (χ2n) is 4.49. The van der Waals surface area contributed by atoms with Crippen LogP contribution in [0.1, 0.15) is 24.8 Å². The van der Waals surface area contributed by atoms with Gasteiger partial charge in [-0.1, -0.05) is 30.7 Å². The van der Waals surface area contributed by atoms with Crippen LogP contribution >= 0.6 is 0 Å². The molecule has 1 aromatic carbocycles. The van der Waals surface area contributed by atoms with Crippen LogP contribution in [0, 0.1) is 0 Å². The van der Waals surface area contributed by atoms with Gasteiger partial charge in [-0.3, -0.25) is 4.90 Å². The van der Waals surface area contributed by atoms with Gasteiger partial charge in [-0.25, -0.2) is 0 Å². The number of piperidine rings is 1. The Morgan fingerprint density at radius 2 is 2.00 bits per heavy atom. The summed E-state index contributed by atoms with van der Waals surface area (Å²) in [5, 5.41) is 9.18. The van der Waals surface area contributed by atoms with Crippen LogP contribution in [-0.2, 0) is 0 Å². The van der Waals surface area contributed by atoms with Crippen molar-refractivity contribution in [1.29, 1.82) is 0 Å². The molecule has 1 atom stereocenters. The Hall–Kier alpha value is -1.28. The van der Waals surface area contributed by atoms with Gasteiger partial charge in [0.15, 0.2) is 0 Å². The fourth-order valence-corrected chi connectivity index (χ4v) is 2.15. The Balaban J connectivity index is 2.00. The van der Waals surface area contributed by atoms with Gasteiger partial charge in [0.05, 0.1) is 0 Å². The van der Waals surface area contributed by atoms with Crippen LogP contribution in [0.25, 0.3) is 6.08 Å². The summed E-state index contributed by atoms with van der Waals surface area (Å²) in [7, 11) is 2.19. The summed E-state index contributed by atoms with van der Waals surface area (Å²) in [6.45, 7) is 1.20. The van der Waals surface area contributed by atoms with E-state index in [2.05, 4.69) is 24.1 Å². The van der Waals surface area contributed by atoms with Gasteiger partial charge in [0.2, 0.25) is 0 Å². The quantitative estimate of drug-likeness (QED) is 0.823. The highest BCUT2D eigenvalue weighted by Crippen LogP contribution is 2.17. The van der Waals surface area contributed by atoms with E-state index in [0.29, 0.717) is 11.8 Å². The van der Waals surface area contributed by atoms with E-state index in [-0.39, 0.29) is 0 Å². The van der Waals surface area contributed by atoms with Crippen molar-refractivity contribution in [2.45, 2.75) is 25.3 Å². The fourth-order valence-electron chi connectivity index (χ4n) is 2.15. The zero-order chi connectivity index (χ0) is 11.4. The Bertz CT molecular complexity index is 356. The third-order valence-corrected chi connectivity index (χ3v) is 3.23. The lowest BCUT2D eigenvalue weighted by Gasteiger charge is -2.30. The third kappa shape index (κ3) is 2.86. The number of hydrogen-bond donors (Lipinski definition) is 1. The van der Waals surface area contributed by atoms with Crippen molar-refractivity contribution < 1.29 is 5.11 Å². The smallest absolute Gasteiger partial charge is 0.115 e. The fraction of sp³-hybridized carbons (Fsp3) is 0.429. The second-order valence-corrected chi connectivity index (χ2v) is 4.49. The minimum Gasteiger partial charge on any atom is -0.508 e. The molecule has 2 rings (SSSR count). The van der Waals surface area contributed by atoms with Crippen molar-refractivity contribution in [2.24, 2.45) is 0 Å². The first-order valence-corrected chi connectivity index (χ1v) is 5.93. The first-order valence-electron chi connectivity index (χ1n) is 5.93. The molecule has 1 aliphatic rings. The maximum Gasteiger partial charge on any atom is 0.115 e. The van der Waals surface area contributed by atoms with Crippen molar-refractivity contribution in [2.75, 3.05) is 13.6 Å². The molecule has 1 aromatic rings. The Morgan fingerprint density at radius 1 is 1.25 bits per heavy atom. The number of nitrogens with zero attached hydrogens (tertiary/aromatic N) is 1. The lowest BCUT2D eigenvalue weighted by Crippen LogP contribution is -2.34. The Labute approximate surface area is 97.2 Å². The molecule has 1 saturated heterocycles. The lowest BCUT2D eigenvalue weighted by atomic mass is 10.0. The molecule has 0 radical (unpaired) electrons. The molecule has 1 aliphatic heterocycles. The van der Waals surface area contributed by atoms with E-state index < -0.39 is 0 Å². The molecular formula is C14H19NO. The number of phenolic OH excluding ortho intramolecular Hbond substituents is 1. The highest BCUT2D eigenvalue weighted by Gasteiger charge is 2.15. The van der Waals surface area contributed by atoms with E-state index in [1.54, 1.807) is 12.1 Å². The topological polar surface area (TPSA) is 23.5 Å². The number of phenols is 1. The van der Waals surface area contributed by atoms with Crippen molar-refractivity contribution in [3.63, 3.8) is 0 Å². The SMILES string of the molecule is CN1CCCCC1C=Cc1ccc(O)cc1. The number of likely N-dealkylation sites (tertiary alicyclic amines) is 1. The van der Waals surface area contributed by atoms with E-state index in [4.69, 9.17) is 0 Å². The summed E-state index contributed by atoms with van der Waals surface area (Å²) < 4.78 is 0. The van der Waals surface area contributed by atoms with E-state index >= 15 is 0 Å². The molecule has 0 amide bonds. The van der Waals surface area contributed by atoms with Crippen LogP contribution in [0.3, 0.4) is 0 Å². The predicted molar refractivity (Wildman–Crippen MR) is 67.4 cm³/mol. The van der Waals surface area contributed by atoms with Crippen molar-refractivity contribution >= 4 is 6.08 Å². The summed E-state index contributed by atoms with van der Waals surface area (Å²) >= 11 is 0. The van der Waals surface area contributed by atoms with Gasteiger partial charge in [-0.05, 0) is 44.1 Å². The standard InChI is InChI=1S/C14H19NO/c1-15-11-3-2-4-13(15)8-5-12-6-9-14(16)10-7-12/h5-10,13,16H,2-4,11H2,1H3. The number of rotatable bonds is 2. The molecule has 86 valence electrons. The first-order chi connectivity index (χ1) is 7.75. The van der Waals surface area contributed by atoms with E-state index in [1.165, 1.54) is 25.8 Å². The summed E-state index contributed by atoms with van der Waals surface area (Å²) in [5.74, 6) is 0.326. The zero-order valence-corrected chi connectivity index (χ0v) is 9.76. The average Bonchev–Trinajstić information content (AvgIpc) is 2.30. The van der Waals surface area contributed by atoms with Gasteiger partial charge >= 0.3 is 0 Å².